The van der Waals surface area contributed by atoms with Gasteiger partial charge in [-0.25, -0.2) is 4.98 Å². The SMILES string of the molecule is CC(C)(C)c1cc(-c2nc3c(-c4cc(-c5ccc([Si](C)(C)C)cn5)cc5c4oc4ccccc45)cccn3c2-c2ccccc2)c(O)c(C(C)(C)C)c1. The molecular formula is C47H47N3O2Si. The van der Waals surface area contributed by atoms with Crippen LogP contribution in [0.3, 0.4) is 0 Å². The van der Waals surface area contributed by atoms with Crippen LogP contribution in [0.25, 0.3) is 72.5 Å². The van der Waals surface area contributed by atoms with Crippen molar-refractivity contribution in [3.63, 3.8) is 0 Å². The largest absolute Gasteiger partial charge is 0.507 e. The first-order valence-corrected chi connectivity index (χ1v) is 22.0. The van der Waals surface area contributed by atoms with Crippen LogP contribution in [0.1, 0.15) is 52.7 Å². The second-order valence-corrected chi connectivity index (χ2v) is 22.5. The number of aromatic nitrogens is 3. The van der Waals surface area contributed by atoms with Crippen molar-refractivity contribution in [3.05, 3.63) is 127 Å². The Hall–Kier alpha value is -5.46. The number of hydrogen-bond acceptors (Lipinski definition) is 4. The van der Waals surface area contributed by atoms with Gasteiger partial charge in [0, 0.05) is 56.5 Å². The number of imidazole rings is 1. The molecule has 0 atom stereocenters. The number of fused-ring (bicyclic) bond motifs is 4. The third kappa shape index (κ3) is 6.05. The molecule has 0 aliphatic carbocycles. The predicted octanol–water partition coefficient (Wildman–Crippen LogP) is 12.1. The van der Waals surface area contributed by atoms with E-state index in [4.69, 9.17) is 14.4 Å². The fourth-order valence-corrected chi connectivity index (χ4v) is 8.38. The highest BCUT2D eigenvalue weighted by Gasteiger charge is 2.29. The number of pyridine rings is 2. The molecule has 0 aliphatic rings. The normalized spacial score (nSPS) is 12.7. The lowest BCUT2D eigenvalue weighted by molar-refractivity contribution is 0.446. The molecule has 5 nitrogen and oxygen atoms in total. The zero-order chi connectivity index (χ0) is 37.4. The fraction of sp³-hybridized carbons (Fsp3) is 0.234. The summed E-state index contributed by atoms with van der Waals surface area (Å²) in [5, 5.41) is 15.6. The Bertz CT molecular complexity index is 2670. The standard InChI is InChI=1S/C47H47N3O2Si/c1-46(2,3)31-26-37(43(51)38(27-31)47(4,5)6)41-42(29-16-11-10-12-17-29)50-23-15-19-34(45(50)49-41)36-25-30(39-22-21-32(28-48-39)53(7,8)9)24-35-33-18-13-14-20-40(33)52-44(35)36/h10-28,51H,1-9H3. The summed E-state index contributed by atoms with van der Waals surface area (Å²) in [5.74, 6) is 0.266. The Morgan fingerprint density at radius 1 is 0.679 bits per heavy atom. The number of phenols is 1. The molecule has 4 aromatic carbocycles. The number of para-hydroxylation sites is 1. The molecule has 0 radical (unpaired) electrons. The molecule has 4 aromatic heterocycles. The maximum Gasteiger partial charge on any atom is 0.146 e. The highest BCUT2D eigenvalue weighted by Crippen LogP contribution is 2.46. The minimum Gasteiger partial charge on any atom is -0.507 e. The second-order valence-electron chi connectivity index (χ2n) is 17.4. The van der Waals surface area contributed by atoms with Crippen LogP contribution >= 0.6 is 0 Å². The molecule has 0 bridgehead atoms. The van der Waals surface area contributed by atoms with Gasteiger partial charge >= 0.3 is 0 Å². The van der Waals surface area contributed by atoms with Crippen molar-refractivity contribution < 1.29 is 9.52 Å². The molecule has 8 aromatic rings. The second kappa shape index (κ2) is 12.3. The van der Waals surface area contributed by atoms with Gasteiger partial charge in [-0.1, -0.05) is 122 Å². The lowest BCUT2D eigenvalue weighted by Crippen LogP contribution is -2.37. The van der Waals surface area contributed by atoms with Crippen LogP contribution < -0.4 is 5.19 Å². The Balaban J connectivity index is 1.45. The molecule has 0 saturated heterocycles. The van der Waals surface area contributed by atoms with Gasteiger partial charge in [0.25, 0.3) is 0 Å². The highest BCUT2D eigenvalue weighted by atomic mass is 28.3. The minimum atomic E-state index is -1.52. The first kappa shape index (κ1) is 34.6. The van der Waals surface area contributed by atoms with Gasteiger partial charge in [-0.2, -0.15) is 0 Å². The van der Waals surface area contributed by atoms with Crippen molar-refractivity contribution in [1.82, 2.24) is 14.4 Å². The summed E-state index contributed by atoms with van der Waals surface area (Å²) in [6, 6.07) is 35.9. The van der Waals surface area contributed by atoms with Gasteiger partial charge in [0.15, 0.2) is 0 Å². The van der Waals surface area contributed by atoms with Crippen molar-refractivity contribution >= 4 is 40.8 Å². The lowest BCUT2D eigenvalue weighted by Gasteiger charge is -2.27. The molecule has 8 rings (SSSR count). The monoisotopic (exact) mass is 713 g/mol. The van der Waals surface area contributed by atoms with Crippen LogP contribution in [0.5, 0.6) is 5.75 Å². The summed E-state index contributed by atoms with van der Waals surface area (Å²) in [5.41, 5.74) is 11.2. The van der Waals surface area contributed by atoms with Crippen molar-refractivity contribution in [1.29, 1.82) is 0 Å². The molecule has 1 N–H and O–H groups in total. The summed E-state index contributed by atoms with van der Waals surface area (Å²) in [4.78, 5) is 10.5. The summed E-state index contributed by atoms with van der Waals surface area (Å²) in [6.45, 7) is 20.1. The molecule has 0 unspecified atom stereocenters. The van der Waals surface area contributed by atoms with E-state index < -0.39 is 8.07 Å². The van der Waals surface area contributed by atoms with Crippen molar-refractivity contribution in [2.75, 3.05) is 0 Å². The Morgan fingerprint density at radius 2 is 1.42 bits per heavy atom. The summed E-state index contributed by atoms with van der Waals surface area (Å²) in [7, 11) is -1.52. The maximum atomic E-state index is 12.1. The van der Waals surface area contributed by atoms with E-state index in [1.165, 1.54) is 5.19 Å². The van der Waals surface area contributed by atoms with Gasteiger partial charge in [-0.3, -0.25) is 9.38 Å². The van der Waals surface area contributed by atoms with Crippen LogP contribution in [-0.2, 0) is 10.8 Å². The van der Waals surface area contributed by atoms with Gasteiger partial charge < -0.3 is 9.52 Å². The summed E-state index contributed by atoms with van der Waals surface area (Å²) >= 11 is 0. The number of phenolic OH excluding ortho intramolecular Hbond substituents is 1. The third-order valence-electron chi connectivity index (χ3n) is 10.4. The van der Waals surface area contributed by atoms with E-state index in [0.717, 1.165) is 83.6 Å². The van der Waals surface area contributed by atoms with Crippen molar-refractivity contribution in [2.45, 2.75) is 72.0 Å². The average molecular weight is 714 g/mol. The van der Waals surface area contributed by atoms with Gasteiger partial charge in [-0.15, -0.1) is 0 Å². The van der Waals surface area contributed by atoms with E-state index in [2.05, 4.69) is 163 Å². The molecule has 0 amide bonds. The molecular weight excluding hydrogens is 667 g/mol. The number of rotatable bonds is 5. The predicted molar refractivity (Wildman–Crippen MR) is 224 cm³/mol. The number of benzene rings is 4. The van der Waals surface area contributed by atoms with E-state index in [0.29, 0.717) is 0 Å². The molecule has 0 spiro atoms. The Labute approximate surface area is 313 Å². The van der Waals surface area contributed by atoms with Gasteiger partial charge in [0.1, 0.15) is 28.3 Å². The average Bonchev–Trinajstić information content (AvgIpc) is 3.69. The summed E-state index contributed by atoms with van der Waals surface area (Å²) in [6.07, 6.45) is 4.13. The van der Waals surface area contributed by atoms with Gasteiger partial charge in [0.05, 0.1) is 19.5 Å². The van der Waals surface area contributed by atoms with Gasteiger partial charge in [-0.05, 0) is 64.0 Å². The van der Waals surface area contributed by atoms with Crippen LogP contribution in [0.4, 0.5) is 0 Å². The van der Waals surface area contributed by atoms with Crippen LogP contribution in [-0.4, -0.2) is 27.5 Å². The van der Waals surface area contributed by atoms with E-state index >= 15 is 0 Å². The Kier molecular flexibility index (Phi) is 8.04. The topological polar surface area (TPSA) is 63.6 Å². The van der Waals surface area contributed by atoms with E-state index in [-0.39, 0.29) is 16.6 Å². The number of hydrogen-bond donors (Lipinski definition) is 1. The smallest absolute Gasteiger partial charge is 0.146 e. The fourth-order valence-electron chi connectivity index (χ4n) is 7.34. The first-order valence-electron chi connectivity index (χ1n) is 18.5. The summed E-state index contributed by atoms with van der Waals surface area (Å²) < 4.78 is 8.85. The molecule has 0 aliphatic heterocycles. The molecule has 0 fully saturated rings. The van der Waals surface area contributed by atoms with Gasteiger partial charge in [0.2, 0.25) is 0 Å². The van der Waals surface area contributed by atoms with Crippen molar-refractivity contribution in [2.24, 2.45) is 0 Å². The molecule has 266 valence electrons. The molecule has 6 heteroatoms. The highest BCUT2D eigenvalue weighted by molar-refractivity contribution is 6.88. The zero-order valence-electron chi connectivity index (χ0n) is 32.2. The third-order valence-corrected chi connectivity index (χ3v) is 12.5. The van der Waals surface area contributed by atoms with E-state index in [1.807, 2.05) is 18.2 Å². The van der Waals surface area contributed by atoms with E-state index in [1.54, 1.807) is 0 Å². The minimum absolute atomic E-state index is 0.145. The maximum absolute atomic E-state index is 12.1. The number of furan rings is 1. The van der Waals surface area contributed by atoms with Crippen LogP contribution in [0, 0.1) is 0 Å². The van der Waals surface area contributed by atoms with Crippen molar-refractivity contribution in [3.8, 4) is 50.6 Å². The van der Waals surface area contributed by atoms with Crippen LogP contribution in [0.2, 0.25) is 19.6 Å². The lowest BCUT2D eigenvalue weighted by atomic mass is 9.78. The van der Waals surface area contributed by atoms with E-state index in [9.17, 15) is 5.11 Å². The molecule has 0 saturated carbocycles. The van der Waals surface area contributed by atoms with Crippen LogP contribution in [0.15, 0.2) is 120 Å². The first-order chi connectivity index (χ1) is 25.1. The quantitative estimate of drug-likeness (QED) is 0.180. The molecule has 53 heavy (non-hydrogen) atoms. The Morgan fingerprint density at radius 3 is 2.09 bits per heavy atom. The number of aromatic hydroxyl groups is 1. The zero-order valence-corrected chi connectivity index (χ0v) is 33.2. The molecule has 4 heterocycles. The number of nitrogens with zero attached hydrogens (tertiary/aromatic N) is 3.